The molecule has 3 nitrogen and oxygen atoms in total. The van der Waals surface area contributed by atoms with Crippen molar-refractivity contribution >= 4 is 0 Å². The molecule has 2 rings (SSSR count). The smallest absolute Gasteiger partial charge is 0.122 e. The van der Waals surface area contributed by atoms with Gasteiger partial charge in [-0.1, -0.05) is 20.3 Å². The quantitative estimate of drug-likeness (QED) is 0.769. The van der Waals surface area contributed by atoms with Crippen LogP contribution in [0.2, 0.25) is 0 Å². The van der Waals surface area contributed by atoms with E-state index < -0.39 is 0 Å². The largest absolute Gasteiger partial charge is 0.468 e. The van der Waals surface area contributed by atoms with Gasteiger partial charge in [0.25, 0.3) is 0 Å². The van der Waals surface area contributed by atoms with Crippen LogP contribution >= 0.6 is 0 Å². The van der Waals surface area contributed by atoms with Gasteiger partial charge in [0.15, 0.2) is 0 Å². The summed E-state index contributed by atoms with van der Waals surface area (Å²) in [5, 5.41) is 3.51. The van der Waals surface area contributed by atoms with Crippen LogP contribution in [0.5, 0.6) is 0 Å². The highest BCUT2D eigenvalue weighted by atomic mass is 16.3. The van der Waals surface area contributed by atoms with Crippen LogP contribution in [0.25, 0.3) is 0 Å². The zero-order valence-electron chi connectivity index (χ0n) is 11.9. The molecule has 18 heavy (non-hydrogen) atoms. The van der Waals surface area contributed by atoms with Gasteiger partial charge in [-0.2, -0.15) is 0 Å². The molecule has 1 heterocycles. The lowest BCUT2D eigenvalue weighted by Gasteiger charge is -2.20. The molecule has 1 N–H and O–H groups in total. The van der Waals surface area contributed by atoms with Crippen LogP contribution in [-0.4, -0.2) is 24.5 Å². The van der Waals surface area contributed by atoms with E-state index in [1.165, 1.54) is 24.8 Å². The molecule has 0 amide bonds. The topological polar surface area (TPSA) is 28.4 Å². The first kappa shape index (κ1) is 13.6. The Morgan fingerprint density at radius 1 is 1.50 bits per heavy atom. The predicted octanol–water partition coefficient (Wildman–Crippen LogP) is 3.01. The van der Waals surface area contributed by atoms with Crippen molar-refractivity contribution in [2.24, 2.45) is 5.92 Å². The number of nitrogens with zero attached hydrogens (tertiary/aromatic N) is 1. The van der Waals surface area contributed by atoms with Crippen molar-refractivity contribution in [1.82, 2.24) is 10.2 Å². The summed E-state index contributed by atoms with van der Waals surface area (Å²) < 4.78 is 5.59. The SMILES string of the molecule is CCC(C)CN(C)Cc1ccoc1CNC1CC1. The monoisotopic (exact) mass is 250 g/mol. The van der Waals surface area contributed by atoms with E-state index in [1.54, 1.807) is 0 Å². The summed E-state index contributed by atoms with van der Waals surface area (Å²) in [5.41, 5.74) is 1.33. The Kier molecular flexibility index (Phi) is 4.84. The van der Waals surface area contributed by atoms with Crippen LogP contribution in [0.1, 0.15) is 44.4 Å². The van der Waals surface area contributed by atoms with Crippen LogP contribution in [0.4, 0.5) is 0 Å². The average Bonchev–Trinajstić information content (AvgIpc) is 3.08. The van der Waals surface area contributed by atoms with Crippen molar-refractivity contribution in [3.05, 3.63) is 23.7 Å². The maximum Gasteiger partial charge on any atom is 0.122 e. The van der Waals surface area contributed by atoms with Gasteiger partial charge >= 0.3 is 0 Å². The third-order valence-corrected chi connectivity index (χ3v) is 3.73. The lowest BCUT2D eigenvalue weighted by molar-refractivity contribution is 0.272. The van der Waals surface area contributed by atoms with E-state index in [2.05, 4.69) is 37.2 Å². The summed E-state index contributed by atoms with van der Waals surface area (Å²) >= 11 is 0. The summed E-state index contributed by atoms with van der Waals surface area (Å²) in [6.07, 6.45) is 5.70. The first-order valence-corrected chi connectivity index (χ1v) is 7.16. The highest BCUT2D eigenvalue weighted by Crippen LogP contribution is 2.21. The number of rotatable bonds is 8. The fourth-order valence-electron chi connectivity index (χ4n) is 2.20. The molecule has 1 unspecified atom stereocenters. The van der Waals surface area contributed by atoms with Gasteiger partial charge in [0, 0.05) is 24.7 Å². The minimum absolute atomic E-state index is 0.737. The molecule has 0 spiro atoms. The van der Waals surface area contributed by atoms with Crippen LogP contribution in [0.3, 0.4) is 0 Å². The maximum atomic E-state index is 5.59. The third kappa shape index (κ3) is 4.14. The van der Waals surface area contributed by atoms with Crippen molar-refractivity contribution in [2.75, 3.05) is 13.6 Å². The van der Waals surface area contributed by atoms with Gasteiger partial charge in [-0.05, 0) is 31.9 Å². The van der Waals surface area contributed by atoms with Crippen LogP contribution in [0.15, 0.2) is 16.7 Å². The van der Waals surface area contributed by atoms with Gasteiger partial charge < -0.3 is 14.6 Å². The fraction of sp³-hybridized carbons (Fsp3) is 0.733. The van der Waals surface area contributed by atoms with Crippen molar-refractivity contribution in [3.63, 3.8) is 0 Å². The summed E-state index contributed by atoms with van der Waals surface area (Å²) in [5.74, 6) is 1.87. The minimum atomic E-state index is 0.737. The molecule has 3 heteroatoms. The normalized spacial score (nSPS) is 17.3. The van der Waals surface area contributed by atoms with Gasteiger partial charge in [0.05, 0.1) is 12.8 Å². The minimum Gasteiger partial charge on any atom is -0.468 e. The fourth-order valence-corrected chi connectivity index (χ4v) is 2.20. The highest BCUT2D eigenvalue weighted by Gasteiger charge is 2.21. The first-order valence-electron chi connectivity index (χ1n) is 7.16. The van der Waals surface area contributed by atoms with E-state index in [0.29, 0.717) is 0 Å². The van der Waals surface area contributed by atoms with Gasteiger partial charge in [-0.3, -0.25) is 0 Å². The molecule has 0 saturated heterocycles. The number of hydrogen-bond donors (Lipinski definition) is 1. The molecular formula is C15H26N2O. The molecule has 1 aliphatic rings. The second-order valence-electron chi connectivity index (χ2n) is 5.73. The molecule has 0 radical (unpaired) electrons. The van der Waals surface area contributed by atoms with E-state index in [0.717, 1.165) is 37.4 Å². The highest BCUT2D eigenvalue weighted by molar-refractivity contribution is 5.17. The summed E-state index contributed by atoms with van der Waals surface area (Å²) in [6, 6.07) is 2.85. The van der Waals surface area contributed by atoms with Crippen molar-refractivity contribution in [1.29, 1.82) is 0 Å². The van der Waals surface area contributed by atoms with Crippen LogP contribution in [-0.2, 0) is 13.1 Å². The molecule has 102 valence electrons. The summed E-state index contributed by atoms with van der Waals surface area (Å²) in [4.78, 5) is 2.39. The number of hydrogen-bond acceptors (Lipinski definition) is 3. The molecule has 1 aromatic heterocycles. The number of nitrogens with one attached hydrogen (secondary N) is 1. The second kappa shape index (κ2) is 6.39. The Morgan fingerprint density at radius 3 is 2.94 bits per heavy atom. The second-order valence-corrected chi connectivity index (χ2v) is 5.73. The van der Waals surface area contributed by atoms with E-state index in [4.69, 9.17) is 4.42 Å². The average molecular weight is 250 g/mol. The van der Waals surface area contributed by atoms with E-state index in [-0.39, 0.29) is 0 Å². The molecule has 1 fully saturated rings. The molecule has 0 bridgehead atoms. The zero-order chi connectivity index (χ0) is 13.0. The van der Waals surface area contributed by atoms with Crippen molar-refractivity contribution in [3.8, 4) is 0 Å². The van der Waals surface area contributed by atoms with Gasteiger partial charge in [-0.15, -0.1) is 0 Å². The lowest BCUT2D eigenvalue weighted by atomic mass is 10.1. The van der Waals surface area contributed by atoms with E-state index in [1.807, 2.05) is 6.26 Å². The summed E-state index contributed by atoms with van der Waals surface area (Å²) in [6.45, 7) is 7.58. The Bertz CT molecular complexity index is 357. The van der Waals surface area contributed by atoms with E-state index in [9.17, 15) is 0 Å². The molecule has 1 aliphatic carbocycles. The van der Waals surface area contributed by atoms with Crippen LogP contribution < -0.4 is 5.32 Å². The molecule has 1 saturated carbocycles. The maximum absolute atomic E-state index is 5.59. The third-order valence-electron chi connectivity index (χ3n) is 3.73. The van der Waals surface area contributed by atoms with Crippen molar-refractivity contribution < 1.29 is 4.42 Å². The number of furan rings is 1. The Labute approximate surface area is 111 Å². The standard InChI is InChI=1S/C15H26N2O/c1-4-12(2)10-17(3)11-13-7-8-18-15(13)9-16-14-5-6-14/h7-8,12,14,16H,4-6,9-11H2,1-3H3. The Hall–Kier alpha value is -0.800. The zero-order valence-corrected chi connectivity index (χ0v) is 11.9. The molecule has 1 atom stereocenters. The summed E-state index contributed by atoms with van der Waals surface area (Å²) in [7, 11) is 2.19. The van der Waals surface area contributed by atoms with Gasteiger partial charge in [0.2, 0.25) is 0 Å². The van der Waals surface area contributed by atoms with Gasteiger partial charge in [0.1, 0.15) is 5.76 Å². The predicted molar refractivity (Wildman–Crippen MR) is 74.4 cm³/mol. The van der Waals surface area contributed by atoms with Crippen molar-refractivity contribution in [2.45, 2.75) is 52.2 Å². The molecule has 0 aliphatic heterocycles. The lowest BCUT2D eigenvalue weighted by Crippen LogP contribution is -2.24. The molecular weight excluding hydrogens is 224 g/mol. The molecule has 0 aromatic carbocycles. The van der Waals surface area contributed by atoms with Crippen LogP contribution in [0, 0.1) is 5.92 Å². The Balaban J connectivity index is 1.81. The van der Waals surface area contributed by atoms with Gasteiger partial charge in [-0.25, -0.2) is 0 Å². The molecule has 1 aromatic rings. The Morgan fingerprint density at radius 2 is 2.28 bits per heavy atom. The van der Waals surface area contributed by atoms with E-state index >= 15 is 0 Å². The first-order chi connectivity index (χ1) is 8.69.